The van der Waals surface area contributed by atoms with Crippen molar-refractivity contribution in [1.82, 2.24) is 0 Å². The Hall–Kier alpha value is -0.100. The molecule has 0 aliphatic carbocycles. The molecule has 0 rings (SSSR count). The zero-order valence-electron chi connectivity index (χ0n) is 9.90. The van der Waals surface area contributed by atoms with Crippen LogP contribution in [0.2, 0.25) is 0 Å². The molecule has 2 unspecified atom stereocenters. The van der Waals surface area contributed by atoms with Crippen LogP contribution < -0.4 is 0 Å². The number of alkyl halides is 3. The average molecular weight is 278 g/mol. The van der Waals surface area contributed by atoms with Crippen LogP contribution in [0.4, 0.5) is 13.2 Å². The van der Waals surface area contributed by atoms with Crippen molar-refractivity contribution >= 4 is 7.82 Å². The van der Waals surface area contributed by atoms with Crippen molar-refractivity contribution < 1.29 is 31.3 Å². The Morgan fingerprint density at radius 3 is 2.12 bits per heavy atom. The zero-order chi connectivity index (χ0) is 13.3. The van der Waals surface area contributed by atoms with E-state index in [-0.39, 0.29) is 13.2 Å². The second kappa shape index (κ2) is 8.91. The first-order valence-corrected chi connectivity index (χ1v) is 6.91. The molecule has 4 nitrogen and oxygen atoms in total. The summed E-state index contributed by atoms with van der Waals surface area (Å²) in [5.74, 6) is 0. The third-order valence-corrected chi connectivity index (χ3v) is 3.09. The van der Waals surface area contributed by atoms with Crippen molar-refractivity contribution in [3.63, 3.8) is 0 Å². The molecule has 0 spiro atoms. The van der Waals surface area contributed by atoms with Gasteiger partial charge in [0.05, 0.1) is 13.2 Å². The van der Waals surface area contributed by atoms with Crippen molar-refractivity contribution in [2.75, 3.05) is 13.2 Å². The predicted octanol–water partition coefficient (Wildman–Crippen LogP) is 3.92. The Kier molecular flexibility index (Phi) is 8.86. The lowest BCUT2D eigenvalue weighted by molar-refractivity contribution is -0.0863. The van der Waals surface area contributed by atoms with Gasteiger partial charge in [-0.05, 0) is 12.8 Å². The van der Waals surface area contributed by atoms with Gasteiger partial charge in [0.1, 0.15) is 0 Å². The molecular formula is C9H18F3O4P. The molecule has 0 fully saturated rings. The average Bonchev–Trinajstić information content (AvgIpc) is 2.26. The van der Waals surface area contributed by atoms with Crippen LogP contribution >= 0.6 is 7.82 Å². The Morgan fingerprint density at radius 1 is 1.06 bits per heavy atom. The first-order chi connectivity index (χ1) is 7.95. The van der Waals surface area contributed by atoms with E-state index in [4.69, 9.17) is 4.52 Å². The molecule has 0 N–H and O–H groups in total. The van der Waals surface area contributed by atoms with Gasteiger partial charge < -0.3 is 0 Å². The van der Waals surface area contributed by atoms with Gasteiger partial charge in [-0.3, -0.25) is 9.05 Å². The number of hydrogen-bond acceptors (Lipinski definition) is 4. The minimum absolute atomic E-state index is 0.00739. The lowest BCUT2D eigenvalue weighted by atomic mass is 10.4. The molecule has 0 radical (unpaired) electrons. The van der Waals surface area contributed by atoms with E-state index in [0.717, 1.165) is 6.42 Å². The number of unbranched alkanes of at least 4 members (excludes halogenated alkanes) is 1. The van der Waals surface area contributed by atoms with Crippen LogP contribution in [0.5, 0.6) is 0 Å². The minimum Gasteiger partial charge on any atom is -0.287 e. The summed E-state index contributed by atoms with van der Waals surface area (Å²) in [6, 6.07) is 0. The SMILES string of the molecule is CCCCOP(=O)(OCCC)OC(F)C(F)F. The Balaban J connectivity index is 4.32. The van der Waals surface area contributed by atoms with E-state index in [2.05, 4.69) is 9.05 Å². The summed E-state index contributed by atoms with van der Waals surface area (Å²) in [6.45, 7) is 3.57. The predicted molar refractivity (Wildman–Crippen MR) is 56.7 cm³/mol. The summed E-state index contributed by atoms with van der Waals surface area (Å²) < 4.78 is 61.7. The van der Waals surface area contributed by atoms with Crippen LogP contribution in [-0.2, 0) is 18.1 Å². The summed E-state index contributed by atoms with van der Waals surface area (Å²) in [6.07, 6.45) is -4.57. The van der Waals surface area contributed by atoms with E-state index in [1.54, 1.807) is 6.92 Å². The molecule has 0 aromatic carbocycles. The highest BCUT2D eigenvalue weighted by molar-refractivity contribution is 7.48. The molecule has 0 saturated carbocycles. The molecule has 0 aromatic heterocycles. The Labute approximate surface area is 99.0 Å². The molecule has 104 valence electrons. The van der Waals surface area contributed by atoms with Gasteiger partial charge >= 0.3 is 7.82 Å². The highest BCUT2D eigenvalue weighted by Crippen LogP contribution is 2.51. The molecule has 2 atom stereocenters. The van der Waals surface area contributed by atoms with Gasteiger partial charge in [0.25, 0.3) is 12.8 Å². The van der Waals surface area contributed by atoms with E-state index < -0.39 is 20.6 Å². The topological polar surface area (TPSA) is 44.8 Å². The molecule has 0 aliphatic rings. The molecule has 0 aliphatic heterocycles. The van der Waals surface area contributed by atoms with E-state index in [1.807, 2.05) is 6.92 Å². The van der Waals surface area contributed by atoms with Gasteiger partial charge in [-0.1, -0.05) is 20.3 Å². The molecule has 0 saturated heterocycles. The van der Waals surface area contributed by atoms with Crippen molar-refractivity contribution in [1.29, 1.82) is 0 Å². The lowest BCUT2D eigenvalue weighted by Gasteiger charge is -2.19. The van der Waals surface area contributed by atoms with Crippen LogP contribution in [0.15, 0.2) is 0 Å². The second-order valence-corrected chi connectivity index (χ2v) is 4.88. The van der Waals surface area contributed by atoms with E-state index in [1.165, 1.54) is 0 Å². The number of phosphoric acid groups is 1. The minimum atomic E-state index is -4.23. The first kappa shape index (κ1) is 16.9. The molecular weight excluding hydrogens is 260 g/mol. The highest BCUT2D eigenvalue weighted by atomic mass is 31.2. The Bertz CT molecular complexity index is 240. The number of phosphoric ester groups is 1. The summed E-state index contributed by atoms with van der Waals surface area (Å²) >= 11 is 0. The van der Waals surface area contributed by atoms with Crippen LogP contribution in [0, 0.1) is 0 Å². The van der Waals surface area contributed by atoms with Gasteiger partial charge in [-0.15, -0.1) is 0 Å². The summed E-state index contributed by atoms with van der Waals surface area (Å²) in [5.41, 5.74) is 0. The van der Waals surface area contributed by atoms with Gasteiger partial charge in [0.15, 0.2) is 0 Å². The van der Waals surface area contributed by atoms with Crippen LogP contribution in [0.3, 0.4) is 0 Å². The third-order valence-electron chi connectivity index (χ3n) is 1.63. The summed E-state index contributed by atoms with van der Waals surface area (Å²) in [7, 11) is -4.23. The largest absolute Gasteiger partial charge is 0.477 e. The molecule has 0 heterocycles. The quantitative estimate of drug-likeness (QED) is 0.449. The number of hydrogen-bond donors (Lipinski definition) is 0. The smallest absolute Gasteiger partial charge is 0.287 e. The van der Waals surface area contributed by atoms with Crippen LogP contribution in [0.1, 0.15) is 33.1 Å². The van der Waals surface area contributed by atoms with Crippen molar-refractivity contribution in [2.24, 2.45) is 0 Å². The van der Waals surface area contributed by atoms with Crippen LogP contribution in [0.25, 0.3) is 0 Å². The van der Waals surface area contributed by atoms with Gasteiger partial charge in [-0.25, -0.2) is 22.3 Å². The molecule has 0 amide bonds. The van der Waals surface area contributed by atoms with E-state index in [0.29, 0.717) is 12.8 Å². The van der Waals surface area contributed by atoms with Crippen molar-refractivity contribution in [2.45, 2.75) is 45.9 Å². The standard InChI is InChI=1S/C9H18F3O4P/c1-3-5-7-15-17(13,14-6-4-2)16-9(12)8(10)11/h8-9H,3-7H2,1-2H3. The monoisotopic (exact) mass is 278 g/mol. The summed E-state index contributed by atoms with van der Waals surface area (Å²) in [4.78, 5) is 0. The Morgan fingerprint density at radius 2 is 1.65 bits per heavy atom. The fraction of sp³-hybridized carbons (Fsp3) is 1.00. The van der Waals surface area contributed by atoms with Gasteiger partial charge in [-0.2, -0.15) is 0 Å². The normalized spacial score (nSPS) is 17.1. The van der Waals surface area contributed by atoms with E-state index in [9.17, 15) is 17.7 Å². The third kappa shape index (κ3) is 7.76. The number of rotatable bonds is 10. The van der Waals surface area contributed by atoms with Gasteiger partial charge in [0.2, 0.25) is 0 Å². The second-order valence-electron chi connectivity index (χ2n) is 3.26. The maximum atomic E-state index is 12.7. The lowest BCUT2D eigenvalue weighted by Crippen LogP contribution is -2.17. The highest BCUT2D eigenvalue weighted by Gasteiger charge is 2.35. The fourth-order valence-corrected chi connectivity index (χ4v) is 2.09. The number of halogens is 3. The molecule has 0 bridgehead atoms. The molecule has 0 aromatic rings. The van der Waals surface area contributed by atoms with Crippen molar-refractivity contribution in [3.05, 3.63) is 0 Å². The maximum Gasteiger partial charge on any atom is 0.477 e. The fourth-order valence-electron chi connectivity index (χ4n) is 0.791. The van der Waals surface area contributed by atoms with E-state index >= 15 is 0 Å². The summed E-state index contributed by atoms with van der Waals surface area (Å²) in [5, 5.41) is 0. The van der Waals surface area contributed by atoms with Gasteiger partial charge in [0, 0.05) is 0 Å². The first-order valence-electron chi connectivity index (χ1n) is 5.45. The molecule has 17 heavy (non-hydrogen) atoms. The maximum absolute atomic E-state index is 12.7. The van der Waals surface area contributed by atoms with Crippen LogP contribution in [-0.4, -0.2) is 26.0 Å². The zero-order valence-corrected chi connectivity index (χ0v) is 10.8. The van der Waals surface area contributed by atoms with Crippen molar-refractivity contribution in [3.8, 4) is 0 Å². The molecule has 8 heteroatoms.